The number of Topliss-reactive ketones (excluding diaryl/α,β-unsaturated/α-hetero) is 1. The lowest BCUT2D eigenvalue weighted by atomic mass is 9.81. The summed E-state index contributed by atoms with van der Waals surface area (Å²) in [6.45, 7) is 0. The van der Waals surface area contributed by atoms with E-state index in [0.717, 1.165) is 12.8 Å². The van der Waals surface area contributed by atoms with E-state index in [4.69, 9.17) is 10.2 Å². The average Bonchev–Trinajstić information content (AvgIpc) is 2.93. The van der Waals surface area contributed by atoms with Crippen molar-refractivity contribution in [3.05, 3.63) is 24.2 Å². The Morgan fingerprint density at radius 1 is 1.40 bits per heavy atom. The topological polar surface area (TPSA) is 56.2 Å². The molecule has 0 spiro atoms. The summed E-state index contributed by atoms with van der Waals surface area (Å²) in [5.41, 5.74) is 6.11. The third-order valence-electron chi connectivity index (χ3n) is 4.05. The second-order valence-electron chi connectivity index (χ2n) is 4.78. The number of carbonyl (C=O) groups is 1. The molecule has 3 heteroatoms. The number of hydrogen-bond donors (Lipinski definition) is 1. The lowest BCUT2D eigenvalue weighted by Crippen LogP contribution is -2.40. The highest BCUT2D eigenvalue weighted by Crippen LogP contribution is 2.48. The minimum Gasteiger partial charge on any atom is -0.461 e. The van der Waals surface area contributed by atoms with Gasteiger partial charge in [-0.1, -0.05) is 0 Å². The third kappa shape index (κ3) is 1.26. The van der Waals surface area contributed by atoms with Gasteiger partial charge in [-0.3, -0.25) is 4.79 Å². The Labute approximate surface area is 88.6 Å². The average molecular weight is 205 g/mol. The van der Waals surface area contributed by atoms with Gasteiger partial charge >= 0.3 is 0 Å². The van der Waals surface area contributed by atoms with E-state index in [1.165, 1.54) is 6.42 Å². The van der Waals surface area contributed by atoms with Gasteiger partial charge in [-0.05, 0) is 43.2 Å². The number of ketones is 1. The van der Waals surface area contributed by atoms with Crippen molar-refractivity contribution in [3.63, 3.8) is 0 Å². The van der Waals surface area contributed by atoms with Crippen LogP contribution in [0, 0.1) is 17.8 Å². The quantitative estimate of drug-likeness (QED) is 0.749. The van der Waals surface area contributed by atoms with Crippen LogP contribution in [0.1, 0.15) is 29.8 Å². The second kappa shape index (κ2) is 3.20. The van der Waals surface area contributed by atoms with Crippen LogP contribution in [0.3, 0.4) is 0 Å². The van der Waals surface area contributed by atoms with Gasteiger partial charge in [-0.2, -0.15) is 0 Å². The maximum atomic E-state index is 12.1. The number of fused-ring (bicyclic) bond motifs is 2. The lowest BCUT2D eigenvalue weighted by molar-refractivity contribution is 0.0827. The molecule has 1 aromatic rings. The van der Waals surface area contributed by atoms with Gasteiger partial charge in [-0.25, -0.2) is 0 Å². The van der Waals surface area contributed by atoms with E-state index in [2.05, 4.69) is 0 Å². The first kappa shape index (κ1) is 9.16. The molecule has 2 bridgehead atoms. The van der Waals surface area contributed by atoms with Crippen LogP contribution in [0.4, 0.5) is 0 Å². The molecule has 0 saturated heterocycles. The summed E-state index contributed by atoms with van der Waals surface area (Å²) in [5.74, 6) is 1.67. The van der Waals surface area contributed by atoms with E-state index in [1.54, 1.807) is 18.4 Å². The van der Waals surface area contributed by atoms with E-state index in [0.29, 0.717) is 17.6 Å². The Kier molecular flexibility index (Phi) is 1.96. The molecule has 3 rings (SSSR count). The zero-order valence-electron chi connectivity index (χ0n) is 8.56. The van der Waals surface area contributed by atoms with Crippen molar-refractivity contribution in [1.29, 1.82) is 0 Å². The smallest absolute Gasteiger partial charge is 0.202 e. The Morgan fingerprint density at radius 3 is 2.80 bits per heavy atom. The summed E-state index contributed by atoms with van der Waals surface area (Å²) in [4.78, 5) is 12.1. The molecule has 2 saturated carbocycles. The minimum absolute atomic E-state index is 0.00917. The highest BCUT2D eigenvalue weighted by atomic mass is 16.3. The molecule has 2 aliphatic rings. The number of rotatable bonds is 2. The fraction of sp³-hybridized carbons (Fsp3) is 0.583. The minimum atomic E-state index is 0.00917. The van der Waals surface area contributed by atoms with Crippen LogP contribution in [-0.4, -0.2) is 11.8 Å². The van der Waals surface area contributed by atoms with Crippen molar-refractivity contribution in [3.8, 4) is 0 Å². The molecule has 2 aliphatic carbocycles. The molecule has 15 heavy (non-hydrogen) atoms. The molecule has 2 N–H and O–H groups in total. The Balaban J connectivity index is 1.86. The molecule has 1 heterocycles. The molecule has 1 aromatic heterocycles. The van der Waals surface area contributed by atoms with Crippen molar-refractivity contribution < 1.29 is 9.21 Å². The van der Waals surface area contributed by atoms with E-state index in [1.807, 2.05) is 0 Å². The van der Waals surface area contributed by atoms with Crippen molar-refractivity contribution in [2.45, 2.75) is 25.3 Å². The lowest BCUT2D eigenvalue weighted by Gasteiger charge is -2.25. The van der Waals surface area contributed by atoms with Crippen LogP contribution in [0.25, 0.3) is 0 Å². The largest absolute Gasteiger partial charge is 0.461 e. The van der Waals surface area contributed by atoms with Gasteiger partial charge in [0.2, 0.25) is 5.78 Å². The first-order chi connectivity index (χ1) is 7.27. The van der Waals surface area contributed by atoms with Crippen molar-refractivity contribution >= 4 is 5.78 Å². The molecular formula is C12H15NO2. The predicted octanol–water partition coefficient (Wildman–Crippen LogP) is 1.84. The van der Waals surface area contributed by atoms with E-state index in [9.17, 15) is 4.79 Å². The molecule has 0 aromatic carbocycles. The molecule has 80 valence electrons. The Hall–Kier alpha value is -1.09. The fourth-order valence-electron chi connectivity index (χ4n) is 3.31. The van der Waals surface area contributed by atoms with Gasteiger partial charge in [0.1, 0.15) is 0 Å². The summed E-state index contributed by atoms with van der Waals surface area (Å²) in [5, 5.41) is 0. The molecule has 4 atom stereocenters. The summed E-state index contributed by atoms with van der Waals surface area (Å²) in [6, 6.07) is 3.55. The van der Waals surface area contributed by atoms with E-state index in [-0.39, 0.29) is 17.7 Å². The first-order valence-corrected chi connectivity index (χ1v) is 5.60. The van der Waals surface area contributed by atoms with Gasteiger partial charge in [0.05, 0.1) is 6.26 Å². The van der Waals surface area contributed by atoms with Gasteiger partial charge in [0.25, 0.3) is 0 Å². The molecule has 0 aliphatic heterocycles. The predicted molar refractivity (Wildman–Crippen MR) is 55.3 cm³/mol. The van der Waals surface area contributed by atoms with E-state index < -0.39 is 0 Å². The van der Waals surface area contributed by atoms with Gasteiger partial charge in [0.15, 0.2) is 5.76 Å². The summed E-state index contributed by atoms with van der Waals surface area (Å²) >= 11 is 0. The van der Waals surface area contributed by atoms with E-state index >= 15 is 0 Å². The van der Waals surface area contributed by atoms with Crippen LogP contribution in [0.15, 0.2) is 22.8 Å². The highest BCUT2D eigenvalue weighted by molar-refractivity contribution is 5.96. The standard InChI is InChI=1S/C12H15NO2/c13-11-8-4-3-7(6-8)10(11)12(14)9-2-1-5-15-9/h1-2,5,7-8,10-11H,3-4,6,13H2. The van der Waals surface area contributed by atoms with Gasteiger partial charge < -0.3 is 10.2 Å². The maximum Gasteiger partial charge on any atom is 0.202 e. The SMILES string of the molecule is NC1C2CCC(C2)C1C(=O)c1ccco1. The number of nitrogens with two attached hydrogens (primary N) is 1. The van der Waals surface area contributed by atoms with Crippen LogP contribution >= 0.6 is 0 Å². The summed E-state index contributed by atoms with van der Waals surface area (Å²) in [7, 11) is 0. The summed E-state index contributed by atoms with van der Waals surface area (Å²) in [6.07, 6.45) is 5.05. The molecule has 2 fully saturated rings. The molecule has 3 nitrogen and oxygen atoms in total. The van der Waals surface area contributed by atoms with Crippen LogP contribution < -0.4 is 5.73 Å². The number of furan rings is 1. The van der Waals surface area contributed by atoms with Crippen molar-refractivity contribution in [2.75, 3.05) is 0 Å². The fourth-order valence-corrected chi connectivity index (χ4v) is 3.31. The Bertz CT molecular complexity index is 369. The number of hydrogen-bond acceptors (Lipinski definition) is 3. The molecule has 0 radical (unpaired) electrons. The van der Waals surface area contributed by atoms with Crippen LogP contribution in [0.2, 0.25) is 0 Å². The van der Waals surface area contributed by atoms with Crippen LogP contribution in [0.5, 0.6) is 0 Å². The van der Waals surface area contributed by atoms with Gasteiger partial charge in [-0.15, -0.1) is 0 Å². The number of carbonyl (C=O) groups excluding carboxylic acids is 1. The third-order valence-corrected chi connectivity index (χ3v) is 4.05. The second-order valence-corrected chi connectivity index (χ2v) is 4.78. The van der Waals surface area contributed by atoms with Crippen LogP contribution in [-0.2, 0) is 0 Å². The highest BCUT2D eigenvalue weighted by Gasteiger charge is 2.49. The maximum absolute atomic E-state index is 12.1. The molecular weight excluding hydrogens is 190 g/mol. The normalized spacial score (nSPS) is 38.5. The molecule has 4 unspecified atom stereocenters. The Morgan fingerprint density at radius 2 is 2.20 bits per heavy atom. The molecule has 0 amide bonds. The zero-order chi connectivity index (χ0) is 10.4. The first-order valence-electron chi connectivity index (χ1n) is 5.60. The van der Waals surface area contributed by atoms with Crippen molar-refractivity contribution in [1.82, 2.24) is 0 Å². The monoisotopic (exact) mass is 205 g/mol. The van der Waals surface area contributed by atoms with Gasteiger partial charge in [0, 0.05) is 12.0 Å². The zero-order valence-corrected chi connectivity index (χ0v) is 8.56. The van der Waals surface area contributed by atoms with Crippen molar-refractivity contribution in [2.24, 2.45) is 23.5 Å². The summed E-state index contributed by atoms with van der Waals surface area (Å²) < 4.78 is 5.16.